The van der Waals surface area contributed by atoms with Gasteiger partial charge in [-0.3, -0.25) is 0 Å². The van der Waals surface area contributed by atoms with E-state index in [-0.39, 0.29) is 9.80 Å². The van der Waals surface area contributed by atoms with Crippen LogP contribution in [0.25, 0.3) is 11.0 Å². The number of benzene rings is 3. The van der Waals surface area contributed by atoms with E-state index in [2.05, 4.69) is 0 Å². The van der Waals surface area contributed by atoms with Gasteiger partial charge in [0.1, 0.15) is 0 Å². The second-order valence-electron chi connectivity index (χ2n) is 5.24. The molecule has 3 aromatic carbocycles. The highest BCUT2D eigenvalue weighted by Crippen LogP contribution is 2.30. The zero-order valence-electron chi connectivity index (χ0n) is 12.8. The Morgan fingerprint density at radius 3 is 1.88 bits per heavy atom. The molecule has 3 rings (SSSR count). The van der Waals surface area contributed by atoms with Gasteiger partial charge in [-0.25, -0.2) is 8.42 Å². The van der Waals surface area contributed by atoms with Gasteiger partial charge in [-0.05, 0) is 41.5 Å². The van der Waals surface area contributed by atoms with Gasteiger partial charge in [-0.15, -0.1) is 0 Å². The van der Waals surface area contributed by atoms with E-state index < -0.39 is 9.84 Å². The second kappa shape index (κ2) is 7.04. The molecule has 0 unspecified atom stereocenters. The summed E-state index contributed by atoms with van der Waals surface area (Å²) in [5.41, 5.74) is 1.43. The van der Waals surface area contributed by atoms with Crippen LogP contribution in [0.3, 0.4) is 0 Å². The molecule has 0 spiro atoms. The van der Waals surface area contributed by atoms with Crippen LogP contribution in [-0.4, -0.2) is 8.42 Å². The third-order valence-corrected chi connectivity index (χ3v) is 5.65. The van der Waals surface area contributed by atoms with Crippen molar-refractivity contribution in [3.05, 3.63) is 101 Å². The second-order valence-corrected chi connectivity index (χ2v) is 7.60. The fraction of sp³-hybridized carbons (Fsp3) is 0. The molecule has 3 aromatic rings. The quantitative estimate of drug-likeness (QED) is 0.595. The van der Waals surface area contributed by atoms with Crippen LogP contribution in [0.2, 0.25) is 5.02 Å². The molecule has 2 nitrogen and oxygen atoms in total. The normalized spacial score (nSPS) is 12.1. The predicted octanol–water partition coefficient (Wildman–Crippen LogP) is 5.31. The molecule has 0 aliphatic heterocycles. The molecule has 0 aliphatic carbocycles. The number of hydrogen-bond acceptors (Lipinski definition) is 2. The summed E-state index contributed by atoms with van der Waals surface area (Å²) in [6.45, 7) is 0. The van der Waals surface area contributed by atoms with Crippen LogP contribution in [0.4, 0.5) is 0 Å². The summed E-state index contributed by atoms with van der Waals surface area (Å²) >= 11 is 5.91. The smallest absolute Gasteiger partial charge is 0.207 e. The lowest BCUT2D eigenvalue weighted by atomic mass is 10.1. The standard InChI is InChI=1S/C20H15ClO2S/c21-18-13-11-16(12-14-18)15-20(17-7-3-1-4-8-17)24(22,23)19-9-5-2-6-10-19/h1-15H/b20-15+. The van der Waals surface area contributed by atoms with Crippen molar-refractivity contribution in [3.8, 4) is 0 Å². The SMILES string of the molecule is O=S(=O)(/C(=C/c1ccc(Cl)cc1)c1ccccc1)c1ccccc1. The Hall–Kier alpha value is -2.36. The molecule has 24 heavy (non-hydrogen) atoms. The van der Waals surface area contributed by atoms with E-state index in [0.29, 0.717) is 10.6 Å². The average molecular weight is 355 g/mol. The van der Waals surface area contributed by atoms with Crippen molar-refractivity contribution in [2.24, 2.45) is 0 Å². The minimum atomic E-state index is -3.63. The first-order chi connectivity index (χ1) is 11.6. The first kappa shape index (κ1) is 16.5. The minimum absolute atomic E-state index is 0.261. The number of hydrogen-bond donors (Lipinski definition) is 0. The van der Waals surface area contributed by atoms with Gasteiger partial charge in [0, 0.05) is 5.02 Å². The van der Waals surface area contributed by atoms with Crippen LogP contribution in [-0.2, 0) is 9.84 Å². The summed E-state index contributed by atoms with van der Waals surface area (Å²) in [7, 11) is -3.63. The summed E-state index contributed by atoms with van der Waals surface area (Å²) in [4.78, 5) is 0.533. The molecule has 0 fully saturated rings. The van der Waals surface area contributed by atoms with E-state index in [1.54, 1.807) is 72.8 Å². The Kier molecular flexibility index (Phi) is 4.84. The highest BCUT2D eigenvalue weighted by atomic mass is 35.5. The van der Waals surface area contributed by atoms with Gasteiger partial charge >= 0.3 is 0 Å². The topological polar surface area (TPSA) is 34.1 Å². The first-order valence-electron chi connectivity index (χ1n) is 7.40. The molecule has 0 saturated heterocycles. The van der Waals surface area contributed by atoms with E-state index in [1.807, 2.05) is 18.2 Å². The molecule has 0 heterocycles. The molecular formula is C20H15ClO2S. The van der Waals surface area contributed by atoms with Crippen LogP contribution >= 0.6 is 11.6 Å². The molecule has 0 aliphatic rings. The maximum atomic E-state index is 13.1. The Labute approximate surface area is 147 Å². The maximum absolute atomic E-state index is 13.1. The highest BCUT2D eigenvalue weighted by Gasteiger charge is 2.22. The van der Waals surface area contributed by atoms with Gasteiger partial charge in [0.15, 0.2) is 0 Å². The molecule has 0 aromatic heterocycles. The van der Waals surface area contributed by atoms with E-state index in [4.69, 9.17) is 11.6 Å². The fourth-order valence-electron chi connectivity index (χ4n) is 2.36. The first-order valence-corrected chi connectivity index (χ1v) is 9.26. The molecule has 0 atom stereocenters. The van der Waals surface area contributed by atoms with Crippen molar-refractivity contribution >= 4 is 32.4 Å². The van der Waals surface area contributed by atoms with Gasteiger partial charge in [0.2, 0.25) is 9.84 Å². The molecular weight excluding hydrogens is 340 g/mol. The van der Waals surface area contributed by atoms with Crippen molar-refractivity contribution in [1.29, 1.82) is 0 Å². The summed E-state index contributed by atoms with van der Waals surface area (Å²) in [5.74, 6) is 0. The van der Waals surface area contributed by atoms with E-state index in [1.165, 1.54) is 0 Å². The Bertz CT molecular complexity index is 946. The Morgan fingerprint density at radius 2 is 1.29 bits per heavy atom. The number of sulfone groups is 1. The van der Waals surface area contributed by atoms with Crippen LogP contribution < -0.4 is 0 Å². The van der Waals surface area contributed by atoms with Crippen LogP contribution in [0, 0.1) is 0 Å². The van der Waals surface area contributed by atoms with Crippen LogP contribution in [0.1, 0.15) is 11.1 Å². The zero-order chi connectivity index (χ0) is 17.0. The Morgan fingerprint density at radius 1 is 0.750 bits per heavy atom. The Balaban J connectivity index is 2.18. The third-order valence-electron chi connectivity index (χ3n) is 3.57. The molecule has 0 N–H and O–H groups in total. The van der Waals surface area contributed by atoms with Crippen molar-refractivity contribution in [2.75, 3.05) is 0 Å². The lowest BCUT2D eigenvalue weighted by Gasteiger charge is -2.10. The average Bonchev–Trinajstić information content (AvgIpc) is 2.62. The van der Waals surface area contributed by atoms with Crippen molar-refractivity contribution in [2.45, 2.75) is 4.90 Å². The monoisotopic (exact) mass is 354 g/mol. The van der Waals surface area contributed by atoms with E-state index in [0.717, 1.165) is 5.56 Å². The maximum Gasteiger partial charge on any atom is 0.207 e. The van der Waals surface area contributed by atoms with Gasteiger partial charge in [0.25, 0.3) is 0 Å². The zero-order valence-corrected chi connectivity index (χ0v) is 14.3. The molecule has 120 valence electrons. The number of rotatable bonds is 4. The van der Waals surface area contributed by atoms with Crippen molar-refractivity contribution < 1.29 is 8.42 Å². The molecule has 0 radical (unpaired) electrons. The van der Waals surface area contributed by atoms with Crippen LogP contribution in [0.15, 0.2) is 89.8 Å². The summed E-state index contributed by atoms with van der Waals surface area (Å²) in [6, 6.07) is 24.6. The van der Waals surface area contributed by atoms with Gasteiger partial charge in [-0.2, -0.15) is 0 Å². The lowest BCUT2D eigenvalue weighted by Crippen LogP contribution is -2.04. The minimum Gasteiger partial charge on any atom is -0.218 e. The number of halogens is 1. The summed E-state index contributed by atoms with van der Waals surface area (Å²) < 4.78 is 26.2. The van der Waals surface area contributed by atoms with Crippen molar-refractivity contribution in [3.63, 3.8) is 0 Å². The van der Waals surface area contributed by atoms with Crippen LogP contribution in [0.5, 0.6) is 0 Å². The van der Waals surface area contributed by atoms with Crippen molar-refractivity contribution in [1.82, 2.24) is 0 Å². The molecule has 0 saturated carbocycles. The van der Waals surface area contributed by atoms with E-state index >= 15 is 0 Å². The molecule has 0 amide bonds. The van der Waals surface area contributed by atoms with Gasteiger partial charge in [0.05, 0.1) is 9.80 Å². The molecule has 0 bridgehead atoms. The lowest BCUT2D eigenvalue weighted by molar-refractivity contribution is 0.606. The van der Waals surface area contributed by atoms with Gasteiger partial charge in [-0.1, -0.05) is 72.3 Å². The largest absolute Gasteiger partial charge is 0.218 e. The van der Waals surface area contributed by atoms with Gasteiger partial charge < -0.3 is 0 Å². The van der Waals surface area contributed by atoms with E-state index in [9.17, 15) is 8.42 Å². The summed E-state index contributed by atoms with van der Waals surface area (Å²) in [5, 5.41) is 0.610. The molecule has 4 heteroatoms. The third kappa shape index (κ3) is 3.58. The predicted molar refractivity (Wildman–Crippen MR) is 99.4 cm³/mol. The summed E-state index contributed by atoms with van der Waals surface area (Å²) in [6.07, 6.45) is 1.67. The fourth-order valence-corrected chi connectivity index (χ4v) is 3.99. The highest BCUT2D eigenvalue weighted by molar-refractivity contribution is 8.00.